The molecule has 0 unspecified atom stereocenters. The van der Waals surface area contributed by atoms with Crippen LogP contribution in [0.4, 0.5) is 0 Å². The Hall–Kier alpha value is -2.29. The van der Waals surface area contributed by atoms with Gasteiger partial charge in [0.2, 0.25) is 0 Å². The molecule has 3 heteroatoms. The highest BCUT2D eigenvalue weighted by atomic mass is 16.5. The van der Waals surface area contributed by atoms with Crippen molar-refractivity contribution in [2.24, 2.45) is 0 Å². The first-order valence-electron chi connectivity index (χ1n) is 6.17. The molecule has 0 aliphatic heterocycles. The average Bonchev–Trinajstić information content (AvgIpc) is 2.41. The lowest BCUT2D eigenvalue weighted by Gasteiger charge is -2.15. The minimum atomic E-state index is -0.827. The fourth-order valence-corrected chi connectivity index (χ4v) is 1.86. The summed E-state index contributed by atoms with van der Waals surface area (Å²) in [7, 11) is 0. The molecule has 98 valence electrons. The summed E-state index contributed by atoms with van der Waals surface area (Å²) < 4.78 is 5.81. The Balaban J connectivity index is 2.01. The summed E-state index contributed by atoms with van der Waals surface area (Å²) in [6, 6.07) is 17.1. The molecule has 19 heavy (non-hydrogen) atoms. The van der Waals surface area contributed by atoms with Crippen LogP contribution in [0.15, 0.2) is 54.6 Å². The zero-order chi connectivity index (χ0) is 13.7. The van der Waals surface area contributed by atoms with Crippen LogP contribution in [-0.2, 0) is 11.2 Å². The van der Waals surface area contributed by atoms with Gasteiger partial charge in [0.1, 0.15) is 11.9 Å². The third kappa shape index (κ3) is 3.85. The van der Waals surface area contributed by atoms with Gasteiger partial charge in [-0.3, -0.25) is 4.79 Å². The monoisotopic (exact) mass is 256 g/mol. The van der Waals surface area contributed by atoms with Crippen LogP contribution in [0.3, 0.4) is 0 Å². The van der Waals surface area contributed by atoms with Crippen LogP contribution < -0.4 is 4.74 Å². The molecule has 1 atom stereocenters. The molecule has 0 aliphatic carbocycles. The van der Waals surface area contributed by atoms with Gasteiger partial charge in [0, 0.05) is 0 Å². The zero-order valence-electron chi connectivity index (χ0n) is 10.7. The van der Waals surface area contributed by atoms with E-state index in [4.69, 9.17) is 9.84 Å². The van der Waals surface area contributed by atoms with Gasteiger partial charge in [-0.2, -0.15) is 0 Å². The quantitative estimate of drug-likeness (QED) is 0.891. The van der Waals surface area contributed by atoms with E-state index < -0.39 is 5.97 Å². The maximum Gasteiger partial charge on any atom is 0.307 e. The minimum absolute atomic E-state index is 0.0356. The molecule has 3 nitrogen and oxygen atoms in total. The van der Waals surface area contributed by atoms with Gasteiger partial charge >= 0.3 is 5.97 Å². The molecule has 0 bridgehead atoms. The lowest BCUT2D eigenvalue weighted by Crippen LogP contribution is -2.03. The molecule has 2 rings (SSSR count). The lowest BCUT2D eigenvalue weighted by molar-refractivity contribution is -0.136. The molecule has 0 heterocycles. The molecular formula is C16H16O3. The summed E-state index contributed by atoms with van der Waals surface area (Å²) in [5.74, 6) is -0.0863. The van der Waals surface area contributed by atoms with E-state index >= 15 is 0 Å². The number of ether oxygens (including phenoxy) is 1. The number of benzene rings is 2. The van der Waals surface area contributed by atoms with Crippen LogP contribution >= 0.6 is 0 Å². The molecule has 0 aromatic heterocycles. The molecule has 1 N–H and O–H groups in total. The number of hydrogen-bond acceptors (Lipinski definition) is 2. The van der Waals surface area contributed by atoms with Crippen molar-refractivity contribution in [1.82, 2.24) is 0 Å². The van der Waals surface area contributed by atoms with Gasteiger partial charge in [-0.15, -0.1) is 0 Å². The Morgan fingerprint density at radius 1 is 1.11 bits per heavy atom. The van der Waals surface area contributed by atoms with E-state index in [1.807, 2.05) is 37.3 Å². The molecule has 0 spiro atoms. The van der Waals surface area contributed by atoms with Gasteiger partial charge in [0.25, 0.3) is 0 Å². The molecule has 0 saturated carbocycles. The van der Waals surface area contributed by atoms with Gasteiger partial charge in [0.05, 0.1) is 6.42 Å². The smallest absolute Gasteiger partial charge is 0.307 e. The summed E-state index contributed by atoms with van der Waals surface area (Å²) in [5, 5.41) is 8.70. The maximum atomic E-state index is 10.6. The fraction of sp³-hybridized carbons (Fsp3) is 0.188. The van der Waals surface area contributed by atoms with E-state index in [1.54, 1.807) is 24.3 Å². The van der Waals surface area contributed by atoms with E-state index in [1.165, 1.54) is 0 Å². The van der Waals surface area contributed by atoms with Gasteiger partial charge in [0.15, 0.2) is 0 Å². The van der Waals surface area contributed by atoms with Gasteiger partial charge in [-0.1, -0.05) is 42.5 Å². The predicted molar refractivity (Wildman–Crippen MR) is 73.3 cm³/mol. The first-order chi connectivity index (χ1) is 9.15. The number of carboxylic acid groups (broad SMARTS) is 1. The number of carbonyl (C=O) groups is 1. The molecule has 0 fully saturated rings. The van der Waals surface area contributed by atoms with E-state index in [9.17, 15) is 4.79 Å². The second kappa shape index (κ2) is 6.05. The number of aliphatic carboxylic acids is 1. The van der Waals surface area contributed by atoms with E-state index in [0.29, 0.717) is 0 Å². The first kappa shape index (κ1) is 13.1. The first-order valence-corrected chi connectivity index (χ1v) is 6.17. The van der Waals surface area contributed by atoms with Crippen LogP contribution in [0, 0.1) is 0 Å². The molecule has 2 aromatic carbocycles. The maximum absolute atomic E-state index is 10.6. The molecule has 0 radical (unpaired) electrons. The fourth-order valence-electron chi connectivity index (χ4n) is 1.86. The Morgan fingerprint density at radius 3 is 2.32 bits per heavy atom. The van der Waals surface area contributed by atoms with Crippen molar-refractivity contribution in [3.8, 4) is 5.75 Å². The third-order valence-electron chi connectivity index (χ3n) is 2.86. The second-order valence-corrected chi connectivity index (χ2v) is 4.39. The summed E-state index contributed by atoms with van der Waals surface area (Å²) in [4.78, 5) is 10.6. The molecular weight excluding hydrogens is 240 g/mol. The Morgan fingerprint density at radius 2 is 1.74 bits per heavy atom. The second-order valence-electron chi connectivity index (χ2n) is 4.39. The highest BCUT2D eigenvalue weighted by molar-refractivity contribution is 5.70. The standard InChI is InChI=1S/C16H16O3/c1-12(14-5-3-2-4-6-14)19-15-9-7-13(8-10-15)11-16(17)18/h2-10,12H,11H2,1H3,(H,17,18)/t12-/m1/s1. The predicted octanol–water partition coefficient (Wildman–Crippen LogP) is 3.45. The van der Waals surface area contributed by atoms with Crippen molar-refractivity contribution in [3.05, 3.63) is 65.7 Å². The molecule has 2 aromatic rings. The average molecular weight is 256 g/mol. The topological polar surface area (TPSA) is 46.5 Å². The van der Waals surface area contributed by atoms with Gasteiger partial charge < -0.3 is 9.84 Å². The zero-order valence-corrected chi connectivity index (χ0v) is 10.7. The van der Waals surface area contributed by atoms with Crippen molar-refractivity contribution in [3.63, 3.8) is 0 Å². The lowest BCUT2D eigenvalue weighted by atomic mass is 10.1. The van der Waals surface area contributed by atoms with Gasteiger partial charge in [-0.05, 0) is 30.2 Å². The van der Waals surface area contributed by atoms with Crippen LogP contribution in [0.25, 0.3) is 0 Å². The SMILES string of the molecule is C[C@@H](Oc1ccc(CC(=O)O)cc1)c1ccccc1. The highest BCUT2D eigenvalue weighted by Crippen LogP contribution is 2.21. The normalized spacial score (nSPS) is 11.8. The van der Waals surface area contributed by atoms with Crippen LogP contribution in [0.5, 0.6) is 5.75 Å². The van der Waals surface area contributed by atoms with Crippen molar-refractivity contribution in [2.45, 2.75) is 19.4 Å². The van der Waals surface area contributed by atoms with Gasteiger partial charge in [-0.25, -0.2) is 0 Å². The van der Waals surface area contributed by atoms with Crippen molar-refractivity contribution >= 4 is 5.97 Å². The molecule has 0 aliphatic rings. The van der Waals surface area contributed by atoms with E-state index in [2.05, 4.69) is 0 Å². The molecule has 0 amide bonds. The Bertz CT molecular complexity index is 532. The van der Waals surface area contributed by atoms with Crippen LogP contribution in [-0.4, -0.2) is 11.1 Å². The van der Waals surface area contributed by atoms with Crippen LogP contribution in [0.2, 0.25) is 0 Å². The van der Waals surface area contributed by atoms with Crippen molar-refractivity contribution in [1.29, 1.82) is 0 Å². The summed E-state index contributed by atoms with van der Waals surface area (Å²) >= 11 is 0. The number of carboxylic acids is 1. The van der Waals surface area contributed by atoms with E-state index in [-0.39, 0.29) is 12.5 Å². The number of rotatable bonds is 5. The Kier molecular flexibility index (Phi) is 4.18. The van der Waals surface area contributed by atoms with Crippen molar-refractivity contribution < 1.29 is 14.6 Å². The summed E-state index contributed by atoms with van der Waals surface area (Å²) in [6.07, 6.45) is 0.000603. The summed E-state index contributed by atoms with van der Waals surface area (Å²) in [5.41, 5.74) is 1.88. The summed E-state index contributed by atoms with van der Waals surface area (Å²) in [6.45, 7) is 1.99. The Labute approximate surface area is 112 Å². The van der Waals surface area contributed by atoms with E-state index in [0.717, 1.165) is 16.9 Å². The molecule has 0 saturated heterocycles. The highest BCUT2D eigenvalue weighted by Gasteiger charge is 2.07. The minimum Gasteiger partial charge on any atom is -0.486 e. The van der Waals surface area contributed by atoms with Crippen LogP contribution in [0.1, 0.15) is 24.2 Å². The van der Waals surface area contributed by atoms with Crippen molar-refractivity contribution in [2.75, 3.05) is 0 Å². The largest absolute Gasteiger partial charge is 0.486 e. The third-order valence-corrected chi connectivity index (χ3v) is 2.86. The number of hydrogen-bond donors (Lipinski definition) is 1.